The van der Waals surface area contributed by atoms with Crippen LogP contribution in [0.25, 0.3) is 22.8 Å². The van der Waals surface area contributed by atoms with Crippen molar-refractivity contribution in [3.63, 3.8) is 0 Å². The molecule has 4 aromatic rings. The van der Waals surface area contributed by atoms with Crippen molar-refractivity contribution in [3.05, 3.63) is 93.9 Å². The first-order valence-corrected chi connectivity index (χ1v) is 9.92. The van der Waals surface area contributed by atoms with E-state index in [1.807, 2.05) is 62.4 Å². The summed E-state index contributed by atoms with van der Waals surface area (Å²) in [4.78, 5) is 29.0. The lowest BCUT2D eigenvalue weighted by Crippen LogP contribution is -2.31. The van der Waals surface area contributed by atoms with Crippen molar-refractivity contribution < 1.29 is 9.32 Å². The van der Waals surface area contributed by atoms with Gasteiger partial charge < -0.3 is 14.4 Å². The summed E-state index contributed by atoms with van der Waals surface area (Å²) in [6, 6.07) is 18.7. The van der Waals surface area contributed by atoms with Gasteiger partial charge in [-0.2, -0.15) is 4.98 Å². The Morgan fingerprint density at radius 3 is 2.58 bits per heavy atom. The molecule has 31 heavy (non-hydrogen) atoms. The number of nitrogens with one attached hydrogen (secondary N) is 1. The number of rotatable bonds is 6. The fourth-order valence-corrected chi connectivity index (χ4v) is 3.14. The molecule has 0 spiro atoms. The van der Waals surface area contributed by atoms with Crippen molar-refractivity contribution in [2.45, 2.75) is 26.9 Å². The molecule has 0 atom stereocenters. The molecule has 1 amide bonds. The van der Waals surface area contributed by atoms with E-state index in [2.05, 4.69) is 15.5 Å². The Kier molecular flexibility index (Phi) is 5.75. The van der Waals surface area contributed by atoms with Gasteiger partial charge in [-0.15, -0.1) is 0 Å². The first-order valence-electron chi connectivity index (χ1n) is 9.92. The van der Waals surface area contributed by atoms with Crippen LogP contribution in [0, 0.1) is 13.8 Å². The van der Waals surface area contributed by atoms with Gasteiger partial charge in [0.25, 0.3) is 11.4 Å². The molecule has 7 nitrogen and oxygen atoms in total. The molecule has 0 fully saturated rings. The topological polar surface area (TPSA) is 90.0 Å². The summed E-state index contributed by atoms with van der Waals surface area (Å²) in [5.41, 5.74) is 4.37. The van der Waals surface area contributed by atoms with Crippen LogP contribution >= 0.6 is 0 Å². The van der Waals surface area contributed by atoms with E-state index in [-0.39, 0.29) is 23.9 Å². The molecule has 0 bridgehead atoms. The molecule has 7 heteroatoms. The van der Waals surface area contributed by atoms with E-state index in [1.165, 1.54) is 10.6 Å². The van der Waals surface area contributed by atoms with Crippen LogP contribution in [0.15, 0.2) is 76.2 Å². The lowest BCUT2D eigenvalue weighted by atomic mass is 10.1. The molecule has 0 aliphatic heterocycles. The number of nitrogens with zero attached hydrogens (tertiary/aromatic N) is 3. The smallest absolute Gasteiger partial charge is 0.259 e. The predicted molar refractivity (Wildman–Crippen MR) is 117 cm³/mol. The number of carbonyl (C=O) groups is 1. The van der Waals surface area contributed by atoms with Gasteiger partial charge in [0.2, 0.25) is 11.7 Å². The van der Waals surface area contributed by atoms with Crippen molar-refractivity contribution in [1.29, 1.82) is 0 Å². The zero-order chi connectivity index (χ0) is 21.8. The standard InChI is InChI=1S/C24H22N4O3/c1-16-6-8-18(9-7-16)13-25-21(29)15-28-14-20(10-11-22(28)30)24-26-23(27-31-24)19-5-3-4-17(2)12-19/h3-12,14H,13,15H2,1-2H3,(H,25,29). The summed E-state index contributed by atoms with van der Waals surface area (Å²) in [7, 11) is 0. The van der Waals surface area contributed by atoms with Crippen LogP contribution in [0.2, 0.25) is 0 Å². The first kappa shape index (κ1) is 20.3. The maximum Gasteiger partial charge on any atom is 0.259 e. The van der Waals surface area contributed by atoms with Crippen LogP contribution in [0.1, 0.15) is 16.7 Å². The summed E-state index contributed by atoms with van der Waals surface area (Å²) < 4.78 is 6.71. The summed E-state index contributed by atoms with van der Waals surface area (Å²) in [6.07, 6.45) is 1.56. The number of pyridine rings is 1. The van der Waals surface area contributed by atoms with Gasteiger partial charge in [-0.25, -0.2) is 0 Å². The van der Waals surface area contributed by atoms with Crippen molar-refractivity contribution in [2.75, 3.05) is 0 Å². The van der Waals surface area contributed by atoms with Crippen LogP contribution in [0.4, 0.5) is 0 Å². The quantitative estimate of drug-likeness (QED) is 0.522. The minimum absolute atomic E-state index is 0.0998. The maximum atomic E-state index is 12.4. The highest BCUT2D eigenvalue weighted by molar-refractivity contribution is 5.75. The second-order valence-electron chi connectivity index (χ2n) is 7.44. The van der Waals surface area contributed by atoms with Gasteiger partial charge in [0.15, 0.2) is 0 Å². The van der Waals surface area contributed by atoms with Gasteiger partial charge in [0.05, 0.1) is 5.56 Å². The summed E-state index contributed by atoms with van der Waals surface area (Å²) in [6.45, 7) is 4.30. The first-order chi connectivity index (χ1) is 15.0. The highest BCUT2D eigenvalue weighted by Gasteiger charge is 2.13. The third-order valence-electron chi connectivity index (χ3n) is 4.86. The fourth-order valence-electron chi connectivity index (χ4n) is 3.14. The number of hydrogen-bond donors (Lipinski definition) is 1. The number of hydrogen-bond acceptors (Lipinski definition) is 5. The van der Waals surface area contributed by atoms with Crippen molar-refractivity contribution in [1.82, 2.24) is 20.0 Å². The molecule has 0 saturated heterocycles. The van der Waals surface area contributed by atoms with Gasteiger partial charge in [-0.1, -0.05) is 58.7 Å². The zero-order valence-corrected chi connectivity index (χ0v) is 17.3. The number of amides is 1. The normalized spacial score (nSPS) is 10.8. The van der Waals surface area contributed by atoms with E-state index >= 15 is 0 Å². The Bertz CT molecular complexity index is 1270. The average Bonchev–Trinajstić information content (AvgIpc) is 3.25. The van der Waals surface area contributed by atoms with Crippen molar-refractivity contribution in [3.8, 4) is 22.8 Å². The van der Waals surface area contributed by atoms with Gasteiger partial charge in [0, 0.05) is 24.4 Å². The Balaban J connectivity index is 1.48. The second kappa shape index (κ2) is 8.79. The number of benzene rings is 2. The van der Waals surface area contributed by atoms with Crippen molar-refractivity contribution in [2.24, 2.45) is 0 Å². The lowest BCUT2D eigenvalue weighted by Gasteiger charge is -2.08. The second-order valence-corrected chi connectivity index (χ2v) is 7.44. The molecule has 0 saturated carbocycles. The van der Waals surface area contributed by atoms with Gasteiger partial charge in [-0.05, 0) is 31.5 Å². The largest absolute Gasteiger partial charge is 0.350 e. The summed E-state index contributed by atoms with van der Waals surface area (Å²) in [5.74, 6) is 0.489. The fraction of sp³-hybridized carbons (Fsp3) is 0.167. The van der Waals surface area contributed by atoms with E-state index in [4.69, 9.17) is 4.52 Å². The number of aryl methyl sites for hydroxylation is 2. The van der Waals surface area contributed by atoms with Gasteiger partial charge in [-0.3, -0.25) is 9.59 Å². The monoisotopic (exact) mass is 414 g/mol. The molecule has 4 rings (SSSR count). The number of carbonyl (C=O) groups excluding carboxylic acids is 1. The Labute approximate surface area is 179 Å². The van der Waals surface area contributed by atoms with E-state index < -0.39 is 0 Å². The SMILES string of the molecule is Cc1ccc(CNC(=O)Cn2cc(-c3nc(-c4cccc(C)c4)no3)ccc2=O)cc1. The molecular weight excluding hydrogens is 392 g/mol. The zero-order valence-electron chi connectivity index (χ0n) is 17.3. The molecule has 2 aromatic heterocycles. The molecule has 0 radical (unpaired) electrons. The molecule has 2 heterocycles. The minimum Gasteiger partial charge on any atom is -0.350 e. The number of aromatic nitrogens is 3. The van der Waals surface area contributed by atoms with Gasteiger partial charge >= 0.3 is 0 Å². The van der Waals surface area contributed by atoms with Gasteiger partial charge in [0.1, 0.15) is 6.54 Å². The van der Waals surface area contributed by atoms with Crippen LogP contribution in [-0.2, 0) is 17.9 Å². The molecule has 0 unspecified atom stereocenters. The van der Waals surface area contributed by atoms with Crippen molar-refractivity contribution >= 4 is 5.91 Å². The molecule has 156 valence electrons. The summed E-state index contributed by atoms with van der Waals surface area (Å²) >= 11 is 0. The van der Waals surface area contributed by atoms with E-state index in [0.717, 1.165) is 22.3 Å². The van der Waals surface area contributed by atoms with Crippen LogP contribution in [-0.4, -0.2) is 20.6 Å². The third-order valence-corrected chi connectivity index (χ3v) is 4.86. The average molecular weight is 414 g/mol. The van der Waals surface area contributed by atoms with E-state index in [0.29, 0.717) is 17.9 Å². The predicted octanol–water partition coefficient (Wildman–Crippen LogP) is 3.50. The van der Waals surface area contributed by atoms with Crippen LogP contribution in [0.3, 0.4) is 0 Å². The molecule has 0 aliphatic carbocycles. The van der Waals surface area contributed by atoms with E-state index in [1.54, 1.807) is 12.3 Å². The Hall–Kier alpha value is -4.00. The maximum absolute atomic E-state index is 12.4. The molecular formula is C24H22N4O3. The molecule has 2 aromatic carbocycles. The van der Waals surface area contributed by atoms with Crippen LogP contribution < -0.4 is 10.9 Å². The molecule has 1 N–H and O–H groups in total. The summed E-state index contributed by atoms with van der Waals surface area (Å²) in [5, 5.41) is 6.87. The van der Waals surface area contributed by atoms with Crippen LogP contribution in [0.5, 0.6) is 0 Å². The highest BCUT2D eigenvalue weighted by atomic mass is 16.5. The Morgan fingerprint density at radius 1 is 1.00 bits per heavy atom. The Morgan fingerprint density at radius 2 is 1.81 bits per heavy atom. The third kappa shape index (κ3) is 4.95. The lowest BCUT2D eigenvalue weighted by molar-refractivity contribution is -0.121. The highest BCUT2D eigenvalue weighted by Crippen LogP contribution is 2.22. The minimum atomic E-state index is -0.285. The molecule has 0 aliphatic rings. The van der Waals surface area contributed by atoms with E-state index in [9.17, 15) is 9.59 Å².